The molecule has 2 atom stereocenters. The Morgan fingerprint density at radius 2 is 1.74 bits per heavy atom. The minimum atomic E-state index is -1.64. The first-order valence-electron chi connectivity index (χ1n) is 10.7. The number of aliphatic carboxylic acids is 1. The van der Waals surface area contributed by atoms with Gasteiger partial charge in [0.05, 0.1) is 6.61 Å². The third-order valence-electron chi connectivity index (χ3n) is 5.00. The van der Waals surface area contributed by atoms with E-state index < -0.39 is 30.1 Å². The predicted octanol–water partition coefficient (Wildman–Crippen LogP) is 2.82. The maximum atomic E-state index is 12.7. The number of H-pyrrole nitrogens is 1. The Labute approximate surface area is 196 Å². The molecule has 2 aromatic carbocycles. The van der Waals surface area contributed by atoms with E-state index >= 15 is 0 Å². The molecular formula is C24H26N4O6. The van der Waals surface area contributed by atoms with Crippen molar-refractivity contribution < 1.29 is 29.3 Å². The van der Waals surface area contributed by atoms with Crippen LogP contribution >= 0.6 is 0 Å². The smallest absolute Gasteiger partial charge is 0.412 e. The average molecular weight is 466 g/mol. The molecule has 0 saturated heterocycles. The van der Waals surface area contributed by atoms with Crippen LogP contribution in [0.1, 0.15) is 29.4 Å². The number of anilines is 1. The number of nitrogens with one attached hydrogen (secondary N) is 3. The number of aromatic nitrogens is 2. The number of amides is 2. The van der Waals surface area contributed by atoms with E-state index in [1.807, 2.05) is 54.6 Å². The van der Waals surface area contributed by atoms with Crippen molar-refractivity contribution in [1.29, 1.82) is 0 Å². The van der Waals surface area contributed by atoms with Gasteiger partial charge in [-0.2, -0.15) is 5.10 Å². The number of aliphatic hydroxyl groups is 1. The molecule has 0 aliphatic rings. The highest BCUT2D eigenvalue weighted by molar-refractivity contribution is 5.94. The summed E-state index contributed by atoms with van der Waals surface area (Å²) in [5.74, 6) is -1.84. The molecule has 10 heteroatoms. The average Bonchev–Trinajstić information content (AvgIpc) is 3.28. The quantitative estimate of drug-likeness (QED) is 0.308. The Morgan fingerprint density at radius 1 is 1.06 bits per heavy atom. The third-order valence-corrected chi connectivity index (χ3v) is 5.00. The summed E-state index contributed by atoms with van der Waals surface area (Å²) in [7, 11) is 0. The number of carboxylic acids is 1. The van der Waals surface area contributed by atoms with E-state index in [0.717, 1.165) is 16.7 Å². The van der Waals surface area contributed by atoms with E-state index in [4.69, 9.17) is 9.84 Å². The third kappa shape index (κ3) is 6.91. The van der Waals surface area contributed by atoms with E-state index in [9.17, 15) is 19.5 Å². The molecule has 0 radical (unpaired) electrons. The lowest BCUT2D eigenvalue weighted by atomic mass is 9.97. The number of carbonyl (C=O) groups is 3. The van der Waals surface area contributed by atoms with Gasteiger partial charge < -0.3 is 20.3 Å². The predicted molar refractivity (Wildman–Crippen MR) is 124 cm³/mol. The van der Waals surface area contributed by atoms with Gasteiger partial charge in [0.25, 0.3) is 5.91 Å². The van der Waals surface area contributed by atoms with E-state index in [1.165, 1.54) is 6.07 Å². The maximum absolute atomic E-state index is 12.7. The molecule has 5 N–H and O–H groups in total. The summed E-state index contributed by atoms with van der Waals surface area (Å²) in [6, 6.07) is 18.2. The Hall–Kier alpha value is -4.18. The fourth-order valence-electron chi connectivity index (χ4n) is 3.35. The number of aromatic amines is 1. The molecule has 0 spiro atoms. The van der Waals surface area contributed by atoms with Gasteiger partial charge in [0.15, 0.2) is 11.9 Å². The SMILES string of the molecule is CCOC(=O)Nc1cc(C(=O)NC(Cc2ccc(-c3ccccc3)cc2)C[C@@H](O)C(=O)O)[nH]n1. The number of hydrogen-bond acceptors (Lipinski definition) is 6. The maximum Gasteiger partial charge on any atom is 0.412 e. The first kappa shape index (κ1) is 24.5. The first-order chi connectivity index (χ1) is 16.4. The van der Waals surface area contributed by atoms with Gasteiger partial charge in [0.2, 0.25) is 0 Å². The molecule has 1 aromatic heterocycles. The topological polar surface area (TPSA) is 154 Å². The fraction of sp³-hybridized carbons (Fsp3) is 0.250. The van der Waals surface area contributed by atoms with Crippen molar-refractivity contribution in [3.8, 4) is 11.1 Å². The van der Waals surface area contributed by atoms with Crippen LogP contribution in [0.3, 0.4) is 0 Å². The summed E-state index contributed by atoms with van der Waals surface area (Å²) in [4.78, 5) is 35.4. The fourth-order valence-corrected chi connectivity index (χ4v) is 3.35. The van der Waals surface area contributed by atoms with Crippen LogP contribution in [0.15, 0.2) is 60.7 Å². The largest absolute Gasteiger partial charge is 0.479 e. The highest BCUT2D eigenvalue weighted by Crippen LogP contribution is 2.20. The van der Waals surface area contributed by atoms with E-state index in [-0.39, 0.29) is 24.5 Å². The molecule has 3 aromatic rings. The molecule has 2 amide bonds. The van der Waals surface area contributed by atoms with Gasteiger partial charge in [0.1, 0.15) is 5.69 Å². The normalized spacial score (nSPS) is 12.4. The molecule has 0 fully saturated rings. The van der Waals surface area contributed by atoms with Crippen molar-refractivity contribution in [3.63, 3.8) is 0 Å². The Morgan fingerprint density at radius 3 is 2.38 bits per heavy atom. The lowest BCUT2D eigenvalue weighted by Gasteiger charge is -2.20. The molecule has 0 aliphatic heterocycles. The van der Waals surface area contributed by atoms with E-state index in [2.05, 4.69) is 20.8 Å². The molecule has 0 saturated carbocycles. The van der Waals surface area contributed by atoms with Gasteiger partial charge >= 0.3 is 12.1 Å². The van der Waals surface area contributed by atoms with Crippen LogP contribution < -0.4 is 10.6 Å². The highest BCUT2D eigenvalue weighted by Gasteiger charge is 2.23. The summed E-state index contributed by atoms with van der Waals surface area (Å²) in [5, 5.41) is 30.4. The van der Waals surface area contributed by atoms with Gasteiger partial charge in [-0.05, 0) is 30.0 Å². The van der Waals surface area contributed by atoms with E-state index in [1.54, 1.807) is 6.92 Å². The number of rotatable bonds is 10. The van der Waals surface area contributed by atoms with Crippen LogP contribution in [-0.2, 0) is 16.0 Å². The van der Waals surface area contributed by atoms with Crippen LogP contribution in [-0.4, -0.2) is 57.1 Å². The van der Waals surface area contributed by atoms with Crippen molar-refractivity contribution in [3.05, 3.63) is 71.9 Å². The molecule has 10 nitrogen and oxygen atoms in total. The highest BCUT2D eigenvalue weighted by atomic mass is 16.5. The number of nitrogens with zero attached hydrogens (tertiary/aromatic N) is 1. The minimum absolute atomic E-state index is 0.0565. The van der Waals surface area contributed by atoms with Crippen molar-refractivity contribution in [2.75, 3.05) is 11.9 Å². The molecule has 3 rings (SSSR count). The van der Waals surface area contributed by atoms with Crippen LogP contribution in [0.4, 0.5) is 10.6 Å². The molecule has 1 unspecified atom stereocenters. The summed E-state index contributed by atoms with van der Waals surface area (Å²) in [6.45, 7) is 1.84. The summed E-state index contributed by atoms with van der Waals surface area (Å²) < 4.78 is 4.76. The molecule has 1 heterocycles. The first-order valence-corrected chi connectivity index (χ1v) is 10.7. The van der Waals surface area contributed by atoms with Crippen LogP contribution in [0.2, 0.25) is 0 Å². The Balaban J connectivity index is 1.69. The second-order valence-corrected chi connectivity index (χ2v) is 7.54. The summed E-state index contributed by atoms with van der Waals surface area (Å²) in [6.07, 6.45) is -2.24. The number of benzene rings is 2. The van der Waals surface area contributed by atoms with Gasteiger partial charge in [-0.3, -0.25) is 15.2 Å². The van der Waals surface area contributed by atoms with Crippen LogP contribution in [0.5, 0.6) is 0 Å². The van der Waals surface area contributed by atoms with Crippen LogP contribution in [0.25, 0.3) is 11.1 Å². The Kier molecular flexibility index (Phi) is 8.36. The molecule has 0 bridgehead atoms. The number of hydrogen-bond donors (Lipinski definition) is 5. The van der Waals surface area contributed by atoms with E-state index in [0.29, 0.717) is 6.42 Å². The van der Waals surface area contributed by atoms with Gasteiger partial charge in [-0.15, -0.1) is 0 Å². The second-order valence-electron chi connectivity index (χ2n) is 7.54. The van der Waals surface area contributed by atoms with Crippen molar-refractivity contribution >= 4 is 23.8 Å². The molecule has 0 aliphatic carbocycles. The van der Waals surface area contributed by atoms with Gasteiger partial charge in [0, 0.05) is 18.5 Å². The molecule has 34 heavy (non-hydrogen) atoms. The molecular weight excluding hydrogens is 440 g/mol. The number of carbonyl (C=O) groups excluding carboxylic acids is 2. The standard InChI is InChI=1S/C24H26N4O6/c1-2-34-24(33)26-21-14-19(27-28-21)22(30)25-18(13-20(29)23(31)32)12-15-8-10-17(11-9-15)16-6-4-3-5-7-16/h3-11,14,18,20,29H,2,12-13H2,1H3,(H,25,30)(H,31,32)(H2,26,27,28,33)/t18?,20-/m1/s1. The van der Waals surface area contributed by atoms with Crippen molar-refractivity contribution in [2.45, 2.75) is 31.9 Å². The lowest BCUT2D eigenvalue weighted by molar-refractivity contribution is -0.147. The van der Waals surface area contributed by atoms with Crippen LogP contribution in [0, 0.1) is 0 Å². The second kappa shape index (κ2) is 11.6. The Bertz CT molecular complexity index is 1110. The number of ether oxygens (including phenoxy) is 1. The van der Waals surface area contributed by atoms with Gasteiger partial charge in [-0.1, -0.05) is 54.6 Å². The van der Waals surface area contributed by atoms with Crippen molar-refractivity contribution in [2.24, 2.45) is 0 Å². The van der Waals surface area contributed by atoms with Crippen molar-refractivity contribution in [1.82, 2.24) is 15.5 Å². The van der Waals surface area contributed by atoms with Gasteiger partial charge in [-0.25, -0.2) is 9.59 Å². The summed E-state index contributed by atoms with van der Waals surface area (Å²) in [5.41, 5.74) is 3.00. The zero-order chi connectivity index (χ0) is 24.5. The zero-order valence-corrected chi connectivity index (χ0v) is 18.5. The monoisotopic (exact) mass is 466 g/mol. The zero-order valence-electron chi connectivity index (χ0n) is 18.5. The minimum Gasteiger partial charge on any atom is -0.479 e. The number of carboxylic acid groups (broad SMARTS) is 1. The lowest BCUT2D eigenvalue weighted by Crippen LogP contribution is -2.40. The molecule has 178 valence electrons. The number of aliphatic hydroxyl groups excluding tert-OH is 1. The summed E-state index contributed by atoms with van der Waals surface area (Å²) >= 11 is 0.